The van der Waals surface area contributed by atoms with E-state index in [-0.39, 0.29) is 12.0 Å². The highest BCUT2D eigenvalue weighted by atomic mass is 19.2. The van der Waals surface area contributed by atoms with Crippen LogP contribution in [0.2, 0.25) is 0 Å². The van der Waals surface area contributed by atoms with Crippen molar-refractivity contribution in [2.75, 3.05) is 6.61 Å². The van der Waals surface area contributed by atoms with Gasteiger partial charge in [-0.05, 0) is 35.7 Å². The molecule has 0 aliphatic carbocycles. The SMILES string of the molecule is CCCOc1ccc(C(O)Cc2cccc(F)c2F)cc1. The molecule has 0 aliphatic heterocycles. The molecule has 4 heteroatoms. The molecule has 2 aromatic rings. The van der Waals surface area contributed by atoms with Crippen LogP contribution in [-0.2, 0) is 6.42 Å². The lowest BCUT2D eigenvalue weighted by atomic mass is 10.0. The molecule has 2 aromatic carbocycles. The highest BCUT2D eigenvalue weighted by molar-refractivity contribution is 5.30. The third kappa shape index (κ3) is 4.02. The van der Waals surface area contributed by atoms with E-state index in [1.165, 1.54) is 12.1 Å². The summed E-state index contributed by atoms with van der Waals surface area (Å²) < 4.78 is 32.2. The first-order valence-corrected chi connectivity index (χ1v) is 6.95. The van der Waals surface area contributed by atoms with Gasteiger partial charge in [0.25, 0.3) is 0 Å². The molecule has 0 radical (unpaired) electrons. The Hall–Kier alpha value is -1.94. The van der Waals surface area contributed by atoms with Crippen molar-refractivity contribution < 1.29 is 18.6 Å². The third-order valence-electron chi connectivity index (χ3n) is 3.18. The van der Waals surface area contributed by atoms with Crippen molar-refractivity contribution in [3.63, 3.8) is 0 Å². The van der Waals surface area contributed by atoms with Gasteiger partial charge in [0, 0.05) is 6.42 Å². The number of hydrogen-bond donors (Lipinski definition) is 1. The van der Waals surface area contributed by atoms with Crippen molar-refractivity contribution in [1.82, 2.24) is 0 Å². The molecule has 0 saturated carbocycles. The maximum absolute atomic E-state index is 13.6. The lowest BCUT2D eigenvalue weighted by molar-refractivity contribution is 0.176. The molecule has 1 unspecified atom stereocenters. The van der Waals surface area contributed by atoms with Gasteiger partial charge >= 0.3 is 0 Å². The van der Waals surface area contributed by atoms with Crippen LogP contribution in [0.4, 0.5) is 8.78 Å². The Morgan fingerprint density at radius 3 is 2.48 bits per heavy atom. The van der Waals surface area contributed by atoms with Crippen LogP contribution in [-0.4, -0.2) is 11.7 Å². The Bertz CT molecular complexity index is 582. The molecule has 21 heavy (non-hydrogen) atoms. The van der Waals surface area contributed by atoms with Crippen LogP contribution < -0.4 is 4.74 Å². The van der Waals surface area contributed by atoms with E-state index in [2.05, 4.69) is 0 Å². The van der Waals surface area contributed by atoms with E-state index in [0.29, 0.717) is 12.2 Å². The van der Waals surface area contributed by atoms with Gasteiger partial charge in [0.1, 0.15) is 5.75 Å². The lowest BCUT2D eigenvalue weighted by Crippen LogP contribution is -2.05. The third-order valence-corrected chi connectivity index (χ3v) is 3.18. The fraction of sp³-hybridized carbons (Fsp3) is 0.294. The minimum atomic E-state index is -0.903. The summed E-state index contributed by atoms with van der Waals surface area (Å²) in [6.45, 7) is 2.65. The first-order chi connectivity index (χ1) is 10.1. The van der Waals surface area contributed by atoms with Crippen LogP contribution in [0.3, 0.4) is 0 Å². The second-order valence-electron chi connectivity index (χ2n) is 4.85. The molecule has 0 spiro atoms. The maximum atomic E-state index is 13.6. The molecular weight excluding hydrogens is 274 g/mol. The van der Waals surface area contributed by atoms with E-state index in [1.54, 1.807) is 24.3 Å². The standard InChI is InChI=1S/C17H18F2O2/c1-2-10-21-14-8-6-12(7-9-14)16(20)11-13-4-3-5-15(18)17(13)19/h3-9,16,20H,2,10-11H2,1H3. The smallest absolute Gasteiger partial charge is 0.162 e. The van der Waals surface area contributed by atoms with E-state index in [1.807, 2.05) is 6.92 Å². The highest BCUT2D eigenvalue weighted by Gasteiger charge is 2.14. The number of aliphatic hydroxyl groups is 1. The van der Waals surface area contributed by atoms with E-state index in [9.17, 15) is 13.9 Å². The molecule has 0 amide bonds. The molecule has 0 saturated heterocycles. The summed E-state index contributed by atoms with van der Waals surface area (Å²) in [7, 11) is 0. The van der Waals surface area contributed by atoms with Gasteiger partial charge in [0.15, 0.2) is 11.6 Å². The number of halogens is 2. The number of ether oxygens (including phenoxy) is 1. The summed E-state index contributed by atoms with van der Waals surface area (Å²) in [5.74, 6) is -1.08. The Morgan fingerprint density at radius 1 is 1.10 bits per heavy atom. The summed E-state index contributed by atoms with van der Waals surface area (Å²) >= 11 is 0. The number of hydrogen-bond acceptors (Lipinski definition) is 2. The average Bonchev–Trinajstić information content (AvgIpc) is 2.50. The average molecular weight is 292 g/mol. The van der Waals surface area contributed by atoms with Crippen molar-refractivity contribution >= 4 is 0 Å². The van der Waals surface area contributed by atoms with Crippen molar-refractivity contribution in [2.24, 2.45) is 0 Å². The molecule has 112 valence electrons. The van der Waals surface area contributed by atoms with Gasteiger partial charge in [0.05, 0.1) is 12.7 Å². The van der Waals surface area contributed by atoms with E-state index >= 15 is 0 Å². The van der Waals surface area contributed by atoms with Gasteiger partial charge < -0.3 is 9.84 Å². The molecular formula is C17H18F2O2. The summed E-state index contributed by atoms with van der Waals surface area (Å²) in [5.41, 5.74) is 0.802. The molecule has 2 nitrogen and oxygen atoms in total. The predicted octanol–water partition coefficient (Wildman–Crippen LogP) is 4.03. The van der Waals surface area contributed by atoms with Crippen LogP contribution in [0.1, 0.15) is 30.6 Å². The molecule has 1 atom stereocenters. The van der Waals surface area contributed by atoms with Crippen LogP contribution in [0.25, 0.3) is 0 Å². The minimum Gasteiger partial charge on any atom is -0.494 e. The van der Waals surface area contributed by atoms with Crippen molar-refractivity contribution in [3.8, 4) is 5.75 Å². The van der Waals surface area contributed by atoms with Gasteiger partial charge in [-0.1, -0.05) is 31.2 Å². The minimum absolute atomic E-state index is 0.0265. The lowest BCUT2D eigenvalue weighted by Gasteiger charge is -2.13. The van der Waals surface area contributed by atoms with Crippen molar-refractivity contribution in [1.29, 1.82) is 0 Å². The zero-order chi connectivity index (χ0) is 15.2. The predicted molar refractivity (Wildman–Crippen MR) is 77.2 cm³/mol. The molecule has 0 aromatic heterocycles. The number of aliphatic hydroxyl groups excluding tert-OH is 1. The second-order valence-corrected chi connectivity index (χ2v) is 4.85. The Labute approximate surface area is 123 Å². The maximum Gasteiger partial charge on any atom is 0.162 e. The number of rotatable bonds is 6. The summed E-state index contributed by atoms with van der Waals surface area (Å²) in [4.78, 5) is 0. The normalized spacial score (nSPS) is 12.2. The zero-order valence-corrected chi connectivity index (χ0v) is 11.9. The molecule has 0 aliphatic rings. The molecule has 1 N–H and O–H groups in total. The van der Waals surface area contributed by atoms with Gasteiger partial charge in [-0.15, -0.1) is 0 Å². The molecule has 0 fully saturated rings. The quantitative estimate of drug-likeness (QED) is 0.871. The largest absolute Gasteiger partial charge is 0.494 e. The summed E-state index contributed by atoms with van der Waals surface area (Å²) in [6.07, 6.45) is 0.0589. The van der Waals surface area contributed by atoms with E-state index < -0.39 is 17.7 Å². The van der Waals surface area contributed by atoms with Crippen LogP contribution in [0.15, 0.2) is 42.5 Å². The summed E-state index contributed by atoms with van der Waals surface area (Å²) in [6, 6.07) is 10.9. The Kier molecular flexibility index (Phi) is 5.28. The van der Waals surface area contributed by atoms with E-state index in [0.717, 1.165) is 18.2 Å². The topological polar surface area (TPSA) is 29.5 Å². The first kappa shape index (κ1) is 15.4. The van der Waals surface area contributed by atoms with Gasteiger partial charge in [-0.3, -0.25) is 0 Å². The Morgan fingerprint density at radius 2 is 1.81 bits per heavy atom. The first-order valence-electron chi connectivity index (χ1n) is 6.95. The monoisotopic (exact) mass is 292 g/mol. The van der Waals surface area contributed by atoms with Crippen molar-refractivity contribution in [2.45, 2.75) is 25.9 Å². The molecule has 2 rings (SSSR count). The molecule has 0 heterocycles. The van der Waals surface area contributed by atoms with Gasteiger partial charge in [0.2, 0.25) is 0 Å². The summed E-state index contributed by atoms with van der Waals surface area (Å²) in [5, 5.41) is 10.1. The van der Waals surface area contributed by atoms with E-state index in [4.69, 9.17) is 4.74 Å². The molecule has 0 bridgehead atoms. The number of benzene rings is 2. The second kappa shape index (κ2) is 7.18. The van der Waals surface area contributed by atoms with Crippen LogP contribution in [0, 0.1) is 11.6 Å². The Balaban J connectivity index is 2.06. The van der Waals surface area contributed by atoms with Gasteiger partial charge in [-0.2, -0.15) is 0 Å². The van der Waals surface area contributed by atoms with Crippen LogP contribution >= 0.6 is 0 Å². The fourth-order valence-corrected chi connectivity index (χ4v) is 2.04. The zero-order valence-electron chi connectivity index (χ0n) is 11.9. The van der Waals surface area contributed by atoms with Crippen LogP contribution in [0.5, 0.6) is 5.75 Å². The highest BCUT2D eigenvalue weighted by Crippen LogP contribution is 2.23. The fourth-order valence-electron chi connectivity index (χ4n) is 2.04. The van der Waals surface area contributed by atoms with Crippen molar-refractivity contribution in [3.05, 3.63) is 65.2 Å². The van der Waals surface area contributed by atoms with Gasteiger partial charge in [-0.25, -0.2) is 8.78 Å².